The predicted molar refractivity (Wildman–Crippen MR) is 113 cm³/mol. The molecule has 0 unspecified atom stereocenters. The number of hydrogen-bond donors (Lipinski definition) is 0. The van der Waals surface area contributed by atoms with Crippen molar-refractivity contribution in [1.29, 1.82) is 0 Å². The van der Waals surface area contributed by atoms with Crippen molar-refractivity contribution < 1.29 is 23.0 Å². The van der Waals surface area contributed by atoms with Gasteiger partial charge in [0.15, 0.2) is 5.78 Å². The van der Waals surface area contributed by atoms with Gasteiger partial charge in [-0.1, -0.05) is 11.8 Å². The molecule has 1 aliphatic heterocycles. The molecule has 1 aromatic heterocycles. The average molecular weight is 447 g/mol. The molecular weight excluding hydrogens is 426 g/mol. The van der Waals surface area contributed by atoms with Gasteiger partial charge in [0.2, 0.25) is 0 Å². The summed E-state index contributed by atoms with van der Waals surface area (Å²) in [7, 11) is 1.75. The van der Waals surface area contributed by atoms with Gasteiger partial charge in [0.05, 0.1) is 9.77 Å². The number of rotatable bonds is 6. The summed E-state index contributed by atoms with van der Waals surface area (Å²) in [6, 6.07) is 14.2. The van der Waals surface area contributed by atoms with Crippen molar-refractivity contribution in [2.75, 3.05) is 20.3 Å². The number of benzene rings is 2. The number of ether oxygens (including phenoxy) is 2. The number of hydrogen-bond acceptors (Lipinski definition) is 5. The summed E-state index contributed by atoms with van der Waals surface area (Å²) in [4.78, 5) is 14.7. The van der Waals surface area contributed by atoms with E-state index in [-0.39, 0.29) is 11.2 Å². The fourth-order valence-corrected chi connectivity index (χ4v) is 5.82. The number of carbonyl (C=O) groups excluding carboxylic acids is 1. The maximum atomic E-state index is 13.9. The van der Waals surface area contributed by atoms with Gasteiger partial charge < -0.3 is 9.47 Å². The predicted octanol–water partition coefficient (Wildman–Crippen LogP) is 6.06. The molecule has 7 heteroatoms. The quantitative estimate of drug-likeness (QED) is 0.431. The molecule has 30 heavy (non-hydrogen) atoms. The van der Waals surface area contributed by atoms with E-state index in [1.165, 1.54) is 10.9 Å². The lowest BCUT2D eigenvalue weighted by atomic mass is 9.92. The highest BCUT2D eigenvalue weighted by atomic mass is 32.2. The molecule has 1 fully saturated rings. The molecule has 156 valence electrons. The summed E-state index contributed by atoms with van der Waals surface area (Å²) in [5.74, 6) is -2.03. The van der Waals surface area contributed by atoms with Crippen LogP contribution in [-0.4, -0.2) is 26.1 Å². The van der Waals surface area contributed by atoms with E-state index in [2.05, 4.69) is 12.1 Å². The van der Waals surface area contributed by atoms with Gasteiger partial charge in [-0.15, -0.1) is 11.3 Å². The van der Waals surface area contributed by atoms with Crippen LogP contribution < -0.4 is 0 Å². The summed E-state index contributed by atoms with van der Waals surface area (Å²) >= 11 is 3.30. The zero-order valence-corrected chi connectivity index (χ0v) is 18.0. The number of carbonyl (C=O) groups is 1. The first-order chi connectivity index (χ1) is 14.5. The Labute approximate surface area is 182 Å². The highest BCUT2D eigenvalue weighted by molar-refractivity contribution is 8.01. The molecule has 0 spiro atoms. The zero-order chi connectivity index (χ0) is 21.1. The van der Waals surface area contributed by atoms with Gasteiger partial charge in [0, 0.05) is 54.6 Å². The second-order valence-electron chi connectivity index (χ2n) is 7.01. The SMILES string of the molecule is COC1(c2ccc(Sc3ccc(C(=O)c4ccc(F)cc4F)cc3)s2)CCOCC1. The summed E-state index contributed by atoms with van der Waals surface area (Å²) in [6.07, 6.45) is 1.68. The molecule has 0 radical (unpaired) electrons. The lowest BCUT2D eigenvalue weighted by Gasteiger charge is -2.35. The number of methoxy groups -OCH3 is 1. The van der Waals surface area contributed by atoms with Gasteiger partial charge in [-0.2, -0.15) is 0 Å². The molecule has 0 aliphatic carbocycles. The van der Waals surface area contributed by atoms with E-state index >= 15 is 0 Å². The molecular formula is C23H20F2O3S2. The first kappa shape index (κ1) is 21.2. The van der Waals surface area contributed by atoms with Crippen LogP contribution in [0.4, 0.5) is 8.78 Å². The summed E-state index contributed by atoms with van der Waals surface area (Å²) in [5, 5.41) is 0. The Morgan fingerprint density at radius 3 is 2.47 bits per heavy atom. The van der Waals surface area contributed by atoms with Crippen LogP contribution in [0.15, 0.2) is 63.7 Å². The van der Waals surface area contributed by atoms with Crippen LogP contribution in [0.2, 0.25) is 0 Å². The number of thiophene rings is 1. The molecule has 3 nitrogen and oxygen atoms in total. The van der Waals surface area contributed by atoms with Gasteiger partial charge in [-0.05, 0) is 48.5 Å². The number of ketones is 1. The monoisotopic (exact) mass is 446 g/mol. The first-order valence-corrected chi connectivity index (χ1v) is 11.1. The summed E-state index contributed by atoms with van der Waals surface area (Å²) in [5.41, 5.74) is -0.0599. The minimum atomic E-state index is -0.857. The summed E-state index contributed by atoms with van der Waals surface area (Å²) in [6.45, 7) is 1.39. The smallest absolute Gasteiger partial charge is 0.195 e. The Morgan fingerprint density at radius 1 is 1.07 bits per heavy atom. The van der Waals surface area contributed by atoms with Gasteiger partial charge in [-0.3, -0.25) is 4.79 Å². The van der Waals surface area contributed by atoms with Crippen LogP contribution in [-0.2, 0) is 15.1 Å². The van der Waals surface area contributed by atoms with Crippen molar-refractivity contribution in [3.63, 3.8) is 0 Å². The minimum Gasteiger partial charge on any atom is -0.381 e. The van der Waals surface area contributed by atoms with Crippen molar-refractivity contribution in [2.45, 2.75) is 27.5 Å². The van der Waals surface area contributed by atoms with Gasteiger partial charge in [0.1, 0.15) is 17.2 Å². The summed E-state index contributed by atoms with van der Waals surface area (Å²) < 4.78 is 39.4. The second-order valence-corrected chi connectivity index (χ2v) is 9.47. The maximum Gasteiger partial charge on any atom is 0.195 e. The van der Waals surface area contributed by atoms with Crippen LogP contribution >= 0.6 is 23.1 Å². The van der Waals surface area contributed by atoms with Crippen molar-refractivity contribution in [3.05, 3.63) is 82.2 Å². The van der Waals surface area contributed by atoms with E-state index < -0.39 is 17.4 Å². The van der Waals surface area contributed by atoms with Crippen molar-refractivity contribution in [2.24, 2.45) is 0 Å². The number of halogens is 2. The third-order valence-corrected chi connectivity index (χ3v) is 7.64. The van der Waals surface area contributed by atoms with Crippen LogP contribution in [0.5, 0.6) is 0 Å². The molecule has 3 aromatic rings. The lowest BCUT2D eigenvalue weighted by Crippen LogP contribution is -2.34. The van der Waals surface area contributed by atoms with Crippen molar-refractivity contribution >= 4 is 28.9 Å². The Balaban J connectivity index is 1.48. The second kappa shape index (κ2) is 8.98. The Morgan fingerprint density at radius 2 is 1.80 bits per heavy atom. The van der Waals surface area contributed by atoms with Crippen molar-refractivity contribution in [3.8, 4) is 0 Å². The molecule has 0 N–H and O–H groups in total. The normalized spacial score (nSPS) is 15.8. The maximum absolute atomic E-state index is 13.9. The molecule has 0 atom stereocenters. The van der Waals surface area contributed by atoms with E-state index in [0.29, 0.717) is 18.8 Å². The topological polar surface area (TPSA) is 35.5 Å². The standard InChI is InChI=1S/C23H20F2O3S2/c1-27-23(10-12-28-13-11-23)20-8-9-21(30-20)29-17-5-2-15(3-6-17)22(26)18-7-4-16(24)14-19(18)25/h2-9,14H,10-13H2,1H3. The molecule has 4 rings (SSSR count). The van der Waals surface area contributed by atoms with Gasteiger partial charge in [-0.25, -0.2) is 8.78 Å². The van der Waals surface area contributed by atoms with Gasteiger partial charge in [0.25, 0.3) is 0 Å². The van der Waals surface area contributed by atoms with E-state index in [9.17, 15) is 13.6 Å². The molecule has 0 bridgehead atoms. The molecule has 2 heterocycles. The zero-order valence-electron chi connectivity index (χ0n) is 16.3. The van der Waals surface area contributed by atoms with E-state index in [1.54, 1.807) is 42.3 Å². The molecule has 1 aliphatic rings. The molecule has 1 saturated heterocycles. The Bertz CT molecular complexity index is 1040. The molecule has 0 saturated carbocycles. The molecule has 2 aromatic carbocycles. The van der Waals surface area contributed by atoms with E-state index in [1.807, 2.05) is 12.1 Å². The highest BCUT2D eigenvalue weighted by Crippen LogP contribution is 2.43. The van der Waals surface area contributed by atoms with Gasteiger partial charge >= 0.3 is 0 Å². The third kappa shape index (κ3) is 4.34. The Kier molecular flexibility index (Phi) is 6.34. The van der Waals surface area contributed by atoms with Crippen LogP contribution in [0, 0.1) is 11.6 Å². The largest absolute Gasteiger partial charge is 0.381 e. The first-order valence-electron chi connectivity index (χ1n) is 9.52. The van der Waals surface area contributed by atoms with Crippen LogP contribution in [0.3, 0.4) is 0 Å². The van der Waals surface area contributed by atoms with Crippen LogP contribution in [0.25, 0.3) is 0 Å². The Hall–Kier alpha value is -2.06. The minimum absolute atomic E-state index is 0.138. The lowest BCUT2D eigenvalue weighted by molar-refractivity contribution is -0.0925. The van der Waals surface area contributed by atoms with Crippen LogP contribution in [0.1, 0.15) is 33.6 Å². The third-order valence-electron chi connectivity index (χ3n) is 5.23. The van der Waals surface area contributed by atoms with E-state index in [4.69, 9.17) is 9.47 Å². The highest BCUT2D eigenvalue weighted by Gasteiger charge is 2.35. The fraction of sp³-hybridized carbons (Fsp3) is 0.261. The molecule has 0 amide bonds. The van der Waals surface area contributed by atoms with Crippen molar-refractivity contribution in [1.82, 2.24) is 0 Å². The van der Waals surface area contributed by atoms with E-state index in [0.717, 1.165) is 34.1 Å². The average Bonchev–Trinajstić information content (AvgIpc) is 3.23. The fourth-order valence-electron chi connectivity index (χ4n) is 3.49.